The van der Waals surface area contributed by atoms with E-state index in [0.29, 0.717) is 12.2 Å². The standard InChI is InChI=1S/C20H27N3O/c1-2-11-23-13-10-21-20(23)16-22-12-6-9-18(15-22)19(24)14-17-7-4-3-5-8-17/h3-5,7-8,10,13,18H,2,6,9,11-12,14-16H2,1H3. The molecule has 0 N–H and O–H groups in total. The van der Waals surface area contributed by atoms with Crippen LogP contribution in [0.4, 0.5) is 0 Å². The SMILES string of the molecule is CCCn1ccnc1CN1CCCC(C(=O)Cc2ccccc2)C1. The van der Waals surface area contributed by atoms with Gasteiger partial charge in [0.15, 0.2) is 0 Å². The number of Topliss-reactive ketones (excluding diaryl/α,β-unsaturated/α-hetero) is 1. The van der Waals surface area contributed by atoms with Crippen molar-refractivity contribution in [2.75, 3.05) is 13.1 Å². The number of aromatic nitrogens is 2. The molecule has 3 rings (SSSR count). The highest BCUT2D eigenvalue weighted by atomic mass is 16.1. The molecule has 2 aromatic rings. The molecule has 0 saturated carbocycles. The van der Waals surface area contributed by atoms with Gasteiger partial charge in [-0.05, 0) is 31.4 Å². The highest BCUT2D eigenvalue weighted by Gasteiger charge is 2.26. The molecule has 1 aliphatic heterocycles. The van der Waals surface area contributed by atoms with E-state index in [1.807, 2.05) is 36.5 Å². The summed E-state index contributed by atoms with van der Waals surface area (Å²) in [5.74, 6) is 1.66. The van der Waals surface area contributed by atoms with Crippen LogP contribution in [0.3, 0.4) is 0 Å². The van der Waals surface area contributed by atoms with Crippen molar-refractivity contribution in [1.29, 1.82) is 0 Å². The van der Waals surface area contributed by atoms with Crippen molar-refractivity contribution >= 4 is 5.78 Å². The third-order valence-corrected chi connectivity index (χ3v) is 4.81. The van der Waals surface area contributed by atoms with Crippen LogP contribution in [0.25, 0.3) is 0 Å². The van der Waals surface area contributed by atoms with Crippen LogP contribution in [-0.2, 0) is 24.3 Å². The molecule has 1 atom stereocenters. The van der Waals surface area contributed by atoms with Gasteiger partial charge < -0.3 is 4.57 Å². The number of hydrogen-bond donors (Lipinski definition) is 0. The van der Waals surface area contributed by atoms with Gasteiger partial charge in [-0.25, -0.2) is 4.98 Å². The normalized spacial score (nSPS) is 18.6. The van der Waals surface area contributed by atoms with Crippen molar-refractivity contribution in [3.8, 4) is 0 Å². The number of imidazole rings is 1. The summed E-state index contributed by atoms with van der Waals surface area (Å²) in [6.45, 7) is 5.98. The number of nitrogens with zero attached hydrogens (tertiary/aromatic N) is 3. The van der Waals surface area contributed by atoms with Gasteiger partial charge in [0.1, 0.15) is 11.6 Å². The molecule has 1 unspecified atom stereocenters. The zero-order valence-electron chi connectivity index (χ0n) is 14.5. The first-order valence-corrected chi connectivity index (χ1v) is 9.05. The maximum absolute atomic E-state index is 12.6. The molecule has 24 heavy (non-hydrogen) atoms. The molecule has 1 aromatic heterocycles. The first-order valence-electron chi connectivity index (χ1n) is 9.05. The van der Waals surface area contributed by atoms with Crippen LogP contribution in [0.2, 0.25) is 0 Å². The van der Waals surface area contributed by atoms with Crippen LogP contribution in [0.5, 0.6) is 0 Å². The molecule has 0 bridgehead atoms. The summed E-state index contributed by atoms with van der Waals surface area (Å²) in [6, 6.07) is 10.1. The number of hydrogen-bond acceptors (Lipinski definition) is 3. The summed E-state index contributed by atoms with van der Waals surface area (Å²) in [5.41, 5.74) is 1.12. The van der Waals surface area contributed by atoms with Crippen molar-refractivity contribution in [2.24, 2.45) is 5.92 Å². The highest BCUT2D eigenvalue weighted by molar-refractivity contribution is 5.83. The molecule has 1 aliphatic rings. The molecule has 2 heterocycles. The molecule has 0 amide bonds. The van der Waals surface area contributed by atoms with Crippen LogP contribution in [-0.4, -0.2) is 33.3 Å². The minimum atomic E-state index is 0.161. The lowest BCUT2D eigenvalue weighted by Gasteiger charge is -2.31. The van der Waals surface area contributed by atoms with Crippen LogP contribution in [0.15, 0.2) is 42.7 Å². The van der Waals surface area contributed by atoms with Gasteiger partial charge in [-0.2, -0.15) is 0 Å². The number of likely N-dealkylation sites (tertiary alicyclic amines) is 1. The van der Waals surface area contributed by atoms with E-state index >= 15 is 0 Å². The Kier molecular flexibility index (Phi) is 5.81. The Morgan fingerprint density at radius 3 is 2.92 bits per heavy atom. The minimum Gasteiger partial charge on any atom is -0.334 e. The van der Waals surface area contributed by atoms with Crippen molar-refractivity contribution in [3.05, 3.63) is 54.1 Å². The molecular weight excluding hydrogens is 298 g/mol. The van der Waals surface area contributed by atoms with E-state index in [1.54, 1.807) is 0 Å². The number of ketones is 1. The lowest BCUT2D eigenvalue weighted by atomic mass is 9.90. The van der Waals surface area contributed by atoms with E-state index in [9.17, 15) is 4.79 Å². The van der Waals surface area contributed by atoms with Gasteiger partial charge in [0, 0.05) is 37.8 Å². The Labute approximate surface area is 144 Å². The topological polar surface area (TPSA) is 38.1 Å². The Balaban J connectivity index is 1.57. The fraction of sp³-hybridized carbons (Fsp3) is 0.500. The third-order valence-electron chi connectivity index (χ3n) is 4.81. The number of piperidine rings is 1. The van der Waals surface area contributed by atoms with Crippen LogP contribution >= 0.6 is 0 Å². The average molecular weight is 325 g/mol. The summed E-state index contributed by atoms with van der Waals surface area (Å²) >= 11 is 0. The smallest absolute Gasteiger partial charge is 0.141 e. The predicted octanol–water partition coefficient (Wildman–Crippen LogP) is 3.32. The summed E-state index contributed by atoms with van der Waals surface area (Å²) in [4.78, 5) is 19.5. The molecule has 1 fully saturated rings. The van der Waals surface area contributed by atoms with Crippen LogP contribution < -0.4 is 0 Å². The molecule has 0 spiro atoms. The second-order valence-corrected chi connectivity index (χ2v) is 6.74. The molecule has 128 valence electrons. The summed E-state index contributed by atoms with van der Waals surface area (Å²) in [6.07, 6.45) is 7.73. The molecule has 0 radical (unpaired) electrons. The number of benzene rings is 1. The van der Waals surface area contributed by atoms with Gasteiger partial charge in [0.25, 0.3) is 0 Å². The van der Waals surface area contributed by atoms with E-state index in [4.69, 9.17) is 0 Å². The Morgan fingerprint density at radius 2 is 2.12 bits per heavy atom. The largest absolute Gasteiger partial charge is 0.334 e. The van der Waals surface area contributed by atoms with Gasteiger partial charge in [-0.15, -0.1) is 0 Å². The number of rotatable bonds is 7. The van der Waals surface area contributed by atoms with E-state index < -0.39 is 0 Å². The first-order chi connectivity index (χ1) is 11.8. The second kappa shape index (κ2) is 8.25. The Morgan fingerprint density at radius 1 is 1.29 bits per heavy atom. The zero-order chi connectivity index (χ0) is 16.8. The molecule has 0 aliphatic carbocycles. The van der Waals surface area contributed by atoms with E-state index in [0.717, 1.165) is 56.8 Å². The van der Waals surface area contributed by atoms with Crippen molar-refractivity contribution in [2.45, 2.75) is 45.7 Å². The van der Waals surface area contributed by atoms with Crippen molar-refractivity contribution < 1.29 is 4.79 Å². The van der Waals surface area contributed by atoms with Gasteiger partial charge in [-0.3, -0.25) is 9.69 Å². The summed E-state index contributed by atoms with van der Waals surface area (Å²) < 4.78 is 2.23. The van der Waals surface area contributed by atoms with E-state index in [1.165, 1.54) is 0 Å². The number of carbonyl (C=O) groups excluding carboxylic acids is 1. The molecule has 1 aromatic carbocycles. The molecule has 4 nitrogen and oxygen atoms in total. The first kappa shape index (κ1) is 16.9. The van der Waals surface area contributed by atoms with Gasteiger partial charge in [0.05, 0.1) is 6.54 Å². The Bertz CT molecular complexity index is 650. The number of aryl methyl sites for hydroxylation is 1. The fourth-order valence-electron chi connectivity index (χ4n) is 3.54. The quantitative estimate of drug-likeness (QED) is 0.784. The van der Waals surface area contributed by atoms with Crippen LogP contribution in [0.1, 0.15) is 37.6 Å². The highest BCUT2D eigenvalue weighted by Crippen LogP contribution is 2.20. The third kappa shape index (κ3) is 4.32. The van der Waals surface area contributed by atoms with E-state index in [2.05, 4.69) is 27.6 Å². The number of carbonyl (C=O) groups is 1. The van der Waals surface area contributed by atoms with Gasteiger partial charge in [-0.1, -0.05) is 37.3 Å². The zero-order valence-corrected chi connectivity index (χ0v) is 14.5. The molecular formula is C20H27N3O. The Hall–Kier alpha value is -1.94. The van der Waals surface area contributed by atoms with Crippen molar-refractivity contribution in [3.63, 3.8) is 0 Å². The van der Waals surface area contributed by atoms with Crippen molar-refractivity contribution in [1.82, 2.24) is 14.5 Å². The van der Waals surface area contributed by atoms with Crippen LogP contribution in [0, 0.1) is 5.92 Å². The summed E-state index contributed by atoms with van der Waals surface area (Å²) in [5, 5.41) is 0. The lowest BCUT2D eigenvalue weighted by Crippen LogP contribution is -2.39. The average Bonchev–Trinajstić information content (AvgIpc) is 3.03. The maximum atomic E-state index is 12.6. The fourth-order valence-corrected chi connectivity index (χ4v) is 3.54. The minimum absolute atomic E-state index is 0.161. The summed E-state index contributed by atoms with van der Waals surface area (Å²) in [7, 11) is 0. The monoisotopic (exact) mass is 325 g/mol. The van der Waals surface area contributed by atoms with Gasteiger partial charge >= 0.3 is 0 Å². The predicted molar refractivity (Wildman–Crippen MR) is 95.7 cm³/mol. The molecule has 1 saturated heterocycles. The van der Waals surface area contributed by atoms with Gasteiger partial charge in [0.2, 0.25) is 0 Å². The molecule has 4 heteroatoms. The lowest BCUT2D eigenvalue weighted by molar-refractivity contribution is -0.124. The second-order valence-electron chi connectivity index (χ2n) is 6.74. The maximum Gasteiger partial charge on any atom is 0.141 e. The van der Waals surface area contributed by atoms with E-state index in [-0.39, 0.29) is 5.92 Å².